The van der Waals surface area contributed by atoms with E-state index in [0.717, 1.165) is 11.3 Å². The Bertz CT molecular complexity index is 1260. The highest BCUT2D eigenvalue weighted by atomic mass is 16.5. The number of benzene rings is 1. The Kier molecular flexibility index (Phi) is 3.70. The molecule has 0 aliphatic carbocycles. The number of hydrogen-bond donors (Lipinski definition) is 3. The highest BCUT2D eigenvalue weighted by Gasteiger charge is 2.29. The van der Waals surface area contributed by atoms with E-state index in [-0.39, 0.29) is 11.3 Å². The molecule has 0 unspecified atom stereocenters. The van der Waals surface area contributed by atoms with Gasteiger partial charge in [0.15, 0.2) is 5.82 Å². The predicted molar refractivity (Wildman–Crippen MR) is 115 cm³/mol. The first-order valence-electron chi connectivity index (χ1n) is 9.66. The second-order valence-corrected chi connectivity index (χ2v) is 8.57. The first-order valence-corrected chi connectivity index (χ1v) is 9.66. The number of carbonyl (C=O) groups excluding carboxylic acids is 2. The van der Waals surface area contributed by atoms with Crippen molar-refractivity contribution in [3.63, 3.8) is 0 Å². The van der Waals surface area contributed by atoms with Gasteiger partial charge in [-0.25, -0.2) is 4.79 Å². The van der Waals surface area contributed by atoms with E-state index in [0.29, 0.717) is 28.5 Å². The molecule has 1 aromatic carbocycles. The SMILES string of the molecule is Cc1c2cn-2c1/C=C1\C(=O)Nc2cc(NC(=O)Nc3cc(C(C)(C)C)on3)ccc21. The van der Waals surface area contributed by atoms with Gasteiger partial charge in [-0.05, 0) is 30.7 Å². The van der Waals surface area contributed by atoms with Crippen molar-refractivity contribution in [1.29, 1.82) is 0 Å². The minimum atomic E-state index is -0.445. The van der Waals surface area contributed by atoms with Gasteiger partial charge in [-0.15, -0.1) is 0 Å². The van der Waals surface area contributed by atoms with Gasteiger partial charge < -0.3 is 19.7 Å². The van der Waals surface area contributed by atoms with Gasteiger partial charge in [0.05, 0.1) is 22.6 Å². The van der Waals surface area contributed by atoms with Crippen LogP contribution in [0.1, 0.15) is 43.4 Å². The molecule has 8 nitrogen and oxygen atoms in total. The van der Waals surface area contributed by atoms with Crippen LogP contribution in [0.4, 0.5) is 22.0 Å². The minimum Gasteiger partial charge on any atom is -0.359 e. The summed E-state index contributed by atoms with van der Waals surface area (Å²) in [5, 5.41) is 12.1. The molecular formula is C22H21N5O3. The molecule has 8 heteroatoms. The molecule has 2 aromatic rings. The lowest BCUT2D eigenvalue weighted by molar-refractivity contribution is -0.110. The van der Waals surface area contributed by atoms with Crippen molar-refractivity contribution >= 4 is 40.8 Å². The Morgan fingerprint density at radius 1 is 1.23 bits per heavy atom. The van der Waals surface area contributed by atoms with Crippen LogP contribution in [0.5, 0.6) is 0 Å². The molecule has 3 aliphatic rings. The summed E-state index contributed by atoms with van der Waals surface area (Å²) in [5.41, 5.74) is 5.92. The number of fused-ring (bicyclic) bond motifs is 2. The lowest BCUT2D eigenvalue weighted by atomic mass is 9.93. The van der Waals surface area contributed by atoms with Crippen LogP contribution in [0.15, 0.2) is 35.0 Å². The number of nitrogens with zero attached hydrogens (tertiary/aromatic N) is 2. The molecule has 0 atom stereocenters. The summed E-state index contributed by atoms with van der Waals surface area (Å²) in [6.07, 6.45) is 3.95. The number of hydrogen-bond acceptors (Lipinski definition) is 4. The Labute approximate surface area is 172 Å². The predicted octanol–water partition coefficient (Wildman–Crippen LogP) is 4.52. The van der Waals surface area contributed by atoms with E-state index in [4.69, 9.17) is 4.52 Å². The molecule has 0 saturated heterocycles. The fourth-order valence-corrected chi connectivity index (χ4v) is 3.53. The van der Waals surface area contributed by atoms with E-state index in [2.05, 4.69) is 25.7 Å². The number of aromatic nitrogens is 2. The van der Waals surface area contributed by atoms with Gasteiger partial charge in [0.1, 0.15) is 5.76 Å². The van der Waals surface area contributed by atoms with Gasteiger partial charge in [0, 0.05) is 28.9 Å². The standard InChI is InChI=1S/C22H21N5O3/c1-11-16(27-10-17(11)27)8-14-13-6-5-12(7-15(13)24-20(14)28)23-21(29)25-19-9-18(30-26-19)22(2,3)4/h5-10H,1-4H3,(H,24,28)(H2,23,25,26,29)/b14-8-. The molecular weight excluding hydrogens is 382 g/mol. The van der Waals surface area contributed by atoms with Crippen LogP contribution >= 0.6 is 0 Å². The zero-order chi connectivity index (χ0) is 21.2. The van der Waals surface area contributed by atoms with Crippen molar-refractivity contribution in [1.82, 2.24) is 9.72 Å². The fourth-order valence-electron chi connectivity index (χ4n) is 3.53. The van der Waals surface area contributed by atoms with E-state index >= 15 is 0 Å². The van der Waals surface area contributed by atoms with Gasteiger partial charge in [-0.3, -0.25) is 10.1 Å². The number of rotatable bonds is 3. The van der Waals surface area contributed by atoms with Gasteiger partial charge in [0.2, 0.25) is 0 Å². The second kappa shape index (κ2) is 6.09. The molecule has 4 heterocycles. The van der Waals surface area contributed by atoms with Crippen molar-refractivity contribution in [2.45, 2.75) is 33.1 Å². The van der Waals surface area contributed by atoms with Crippen molar-refractivity contribution in [3.05, 3.63) is 53.0 Å². The Morgan fingerprint density at radius 3 is 2.70 bits per heavy atom. The molecule has 152 valence electrons. The summed E-state index contributed by atoms with van der Waals surface area (Å²) in [7, 11) is 0. The largest absolute Gasteiger partial charge is 0.359 e. The molecule has 5 rings (SSSR count). The lowest BCUT2D eigenvalue weighted by Crippen LogP contribution is -2.19. The van der Waals surface area contributed by atoms with Crippen LogP contribution < -0.4 is 16.0 Å². The molecule has 0 radical (unpaired) electrons. The number of carbonyl (C=O) groups is 2. The Hall–Kier alpha value is -3.81. The molecule has 3 amide bonds. The van der Waals surface area contributed by atoms with Crippen molar-refractivity contribution in [2.24, 2.45) is 0 Å². The molecule has 0 bridgehead atoms. The van der Waals surface area contributed by atoms with E-state index in [9.17, 15) is 9.59 Å². The highest BCUT2D eigenvalue weighted by Crippen LogP contribution is 2.40. The highest BCUT2D eigenvalue weighted by molar-refractivity contribution is 6.35. The number of anilines is 3. The molecule has 0 spiro atoms. The maximum Gasteiger partial charge on any atom is 0.324 e. The third-order valence-electron chi connectivity index (χ3n) is 5.30. The topological polar surface area (TPSA) is 101 Å². The minimum absolute atomic E-state index is 0.153. The molecule has 3 N–H and O–H groups in total. The Balaban J connectivity index is 1.31. The molecule has 3 aliphatic heterocycles. The van der Waals surface area contributed by atoms with E-state index in [1.165, 1.54) is 11.3 Å². The zero-order valence-corrected chi connectivity index (χ0v) is 17.1. The average Bonchev–Trinajstić information content (AvgIpc) is 3.06. The summed E-state index contributed by atoms with van der Waals surface area (Å²) in [4.78, 5) is 24.8. The van der Waals surface area contributed by atoms with Crippen molar-refractivity contribution < 1.29 is 14.1 Å². The van der Waals surface area contributed by atoms with Crippen LogP contribution in [-0.2, 0) is 10.2 Å². The summed E-state index contributed by atoms with van der Waals surface area (Å²) >= 11 is 0. The smallest absolute Gasteiger partial charge is 0.324 e. The normalized spacial score (nSPS) is 15.2. The van der Waals surface area contributed by atoms with Gasteiger partial charge >= 0.3 is 6.03 Å². The van der Waals surface area contributed by atoms with Gasteiger partial charge in [-0.2, -0.15) is 0 Å². The number of amides is 3. The third-order valence-corrected chi connectivity index (χ3v) is 5.30. The van der Waals surface area contributed by atoms with Crippen molar-refractivity contribution in [3.8, 4) is 5.69 Å². The monoisotopic (exact) mass is 403 g/mol. The van der Waals surface area contributed by atoms with Gasteiger partial charge in [0.25, 0.3) is 5.91 Å². The molecule has 0 fully saturated rings. The van der Waals surface area contributed by atoms with Gasteiger partial charge in [-0.1, -0.05) is 32.0 Å². The summed E-state index contributed by atoms with van der Waals surface area (Å²) in [6, 6.07) is 6.58. The van der Waals surface area contributed by atoms with Crippen LogP contribution in [-0.4, -0.2) is 21.7 Å². The number of nitrogens with one attached hydrogen (secondary N) is 3. The number of urea groups is 1. The molecule has 1 aromatic heterocycles. The first kappa shape index (κ1) is 18.2. The zero-order valence-electron chi connectivity index (χ0n) is 17.1. The summed E-state index contributed by atoms with van der Waals surface area (Å²) in [5.74, 6) is 0.864. The average molecular weight is 403 g/mol. The van der Waals surface area contributed by atoms with Crippen LogP contribution in [0, 0.1) is 6.92 Å². The maximum absolute atomic E-state index is 12.4. The summed E-state index contributed by atoms with van der Waals surface area (Å²) in [6.45, 7) is 8.04. The van der Waals surface area contributed by atoms with Crippen LogP contribution in [0.25, 0.3) is 17.3 Å². The molecule has 0 saturated carbocycles. The van der Waals surface area contributed by atoms with E-state index < -0.39 is 6.03 Å². The Morgan fingerprint density at radius 2 is 2.03 bits per heavy atom. The summed E-state index contributed by atoms with van der Waals surface area (Å²) < 4.78 is 7.33. The van der Waals surface area contributed by atoms with E-state index in [1.54, 1.807) is 18.2 Å². The van der Waals surface area contributed by atoms with Crippen LogP contribution in [0.3, 0.4) is 0 Å². The lowest BCUT2D eigenvalue weighted by Gasteiger charge is -2.12. The molecule has 30 heavy (non-hydrogen) atoms. The third kappa shape index (κ3) is 2.97. The first-order chi connectivity index (χ1) is 14.2. The van der Waals surface area contributed by atoms with Crippen LogP contribution in [0.2, 0.25) is 0 Å². The second-order valence-electron chi connectivity index (χ2n) is 8.57. The quantitative estimate of drug-likeness (QED) is 0.438. The van der Waals surface area contributed by atoms with E-state index in [1.807, 2.05) is 46.0 Å². The maximum atomic E-state index is 12.4. The van der Waals surface area contributed by atoms with Crippen molar-refractivity contribution in [2.75, 3.05) is 16.0 Å². The fraction of sp³-hybridized carbons (Fsp3) is 0.227.